The molecule has 0 saturated carbocycles. The smallest absolute Gasteiger partial charge is 0.160 e. The molecule has 0 N–H and O–H groups in total. The van der Waals surface area contributed by atoms with Crippen LogP contribution < -0.4 is 0 Å². The van der Waals surface area contributed by atoms with Crippen molar-refractivity contribution in [2.75, 3.05) is 0 Å². The average Bonchev–Trinajstić information content (AvgIpc) is 1.47. The lowest BCUT2D eigenvalue weighted by Crippen LogP contribution is -1.99. The molecule has 0 aliphatic rings. The van der Waals surface area contributed by atoms with E-state index in [0.717, 1.165) is 202 Å². The van der Waals surface area contributed by atoms with Crippen LogP contribution in [0.25, 0.3) is 211 Å². The van der Waals surface area contributed by atoms with Gasteiger partial charge in [0.25, 0.3) is 0 Å². The highest BCUT2D eigenvalue weighted by atomic mass is 15.1. The first kappa shape index (κ1) is 72.0. The molecule has 22 aromatic rings. The van der Waals surface area contributed by atoms with Gasteiger partial charge in [-0.15, -0.1) is 0 Å². The topological polar surface area (TPSA) is 113 Å². The lowest BCUT2D eigenvalue weighted by molar-refractivity contribution is 0.908. The van der Waals surface area contributed by atoms with Gasteiger partial charge in [-0.3, -0.25) is 9.13 Å². The molecule has 120 heavy (non-hydrogen) atoms. The second-order valence-corrected chi connectivity index (χ2v) is 30.2. The minimum Gasteiger partial charge on any atom is -0.296 e. The molecule has 0 amide bonds. The standard InChI is InChI=1S/C56H39N5.C54H37N5/c1-2-52-60-55-51(61(52)45-21-10-5-11-22-45)34-33-47-46-23-12-13-24-48(46)57-54(53(47)55)44-20-14-19-43(35-44)39-27-31-41(32-28-39)50-36-49(58-56(59-50)42-17-8-4-9-18-42)40-29-25-38(26-30-40)37-15-6-3-7-16-37;1-2-49-57-53-48(59(49)42-18-7-4-8-19-42)33-32-44-43-20-9-11-22-46(43)55-52(50(44)53)41-17-13-16-40(34-41)37-26-30-39(31-27-37)54-56-47-23-12-10-21-45(47)51(58-54)38-28-24-36(25-29-38)35-14-5-3-6-15-35/h3-36H,2H2,1H3;3-34H,2H2,1H3. The van der Waals surface area contributed by atoms with Gasteiger partial charge in [-0.05, 0) is 128 Å². The van der Waals surface area contributed by atoms with Gasteiger partial charge in [0.2, 0.25) is 0 Å². The Morgan fingerprint density at radius 3 is 0.950 bits per heavy atom. The summed E-state index contributed by atoms with van der Waals surface area (Å²) in [5.74, 6) is 3.44. The summed E-state index contributed by atoms with van der Waals surface area (Å²) in [5.41, 5.74) is 30.0. The fraction of sp³-hybridized carbons (Fsp3) is 0.0364. The molecule has 16 aromatic carbocycles. The summed E-state index contributed by atoms with van der Waals surface area (Å²) in [5, 5.41) is 7.70. The fourth-order valence-electron chi connectivity index (χ4n) is 17.0. The quantitative estimate of drug-likeness (QED) is 0.0933. The Hall–Kier alpha value is -15.8. The molecule has 6 aromatic heterocycles. The molecular weight excluding hydrogens is 1460 g/mol. The number of fused-ring (bicyclic) bond motifs is 11. The van der Waals surface area contributed by atoms with Gasteiger partial charge in [0.1, 0.15) is 11.6 Å². The zero-order chi connectivity index (χ0) is 80.0. The number of hydrogen-bond acceptors (Lipinski definition) is 8. The molecule has 0 aliphatic heterocycles. The number of para-hydroxylation sites is 5. The van der Waals surface area contributed by atoms with E-state index in [0.29, 0.717) is 11.6 Å². The van der Waals surface area contributed by atoms with Gasteiger partial charge in [-0.1, -0.05) is 341 Å². The molecule has 0 spiro atoms. The van der Waals surface area contributed by atoms with E-state index in [9.17, 15) is 0 Å². The van der Waals surface area contributed by atoms with Crippen molar-refractivity contribution in [3.8, 4) is 135 Å². The van der Waals surface area contributed by atoms with Gasteiger partial charge >= 0.3 is 0 Å². The van der Waals surface area contributed by atoms with Crippen molar-refractivity contribution in [2.24, 2.45) is 0 Å². The van der Waals surface area contributed by atoms with E-state index in [4.69, 9.17) is 39.9 Å². The van der Waals surface area contributed by atoms with E-state index in [2.05, 4.69) is 387 Å². The van der Waals surface area contributed by atoms with E-state index in [1.54, 1.807) is 0 Å². The summed E-state index contributed by atoms with van der Waals surface area (Å²) in [6, 6.07) is 140. The van der Waals surface area contributed by atoms with E-state index >= 15 is 0 Å². The second-order valence-electron chi connectivity index (χ2n) is 30.2. The highest BCUT2D eigenvalue weighted by molar-refractivity contribution is 6.21. The van der Waals surface area contributed by atoms with E-state index in [-0.39, 0.29) is 0 Å². The van der Waals surface area contributed by atoms with Crippen LogP contribution in [0.1, 0.15) is 25.5 Å². The Balaban J connectivity index is 0.000000149. The largest absolute Gasteiger partial charge is 0.296 e. The summed E-state index contributed by atoms with van der Waals surface area (Å²) in [4.78, 5) is 41.8. The molecule has 0 radical (unpaired) electrons. The van der Waals surface area contributed by atoms with Crippen LogP contribution in [0.15, 0.2) is 400 Å². The third-order valence-electron chi connectivity index (χ3n) is 23.0. The fourth-order valence-corrected chi connectivity index (χ4v) is 17.0. The third kappa shape index (κ3) is 13.4. The average molecular weight is 1540 g/mol. The van der Waals surface area contributed by atoms with Crippen LogP contribution in [-0.4, -0.2) is 49.0 Å². The number of aryl methyl sites for hydroxylation is 2. The normalized spacial score (nSPS) is 11.5. The maximum absolute atomic E-state index is 5.37. The molecule has 6 heterocycles. The van der Waals surface area contributed by atoms with Crippen LogP contribution in [0.5, 0.6) is 0 Å². The Kier molecular flexibility index (Phi) is 18.7. The minimum atomic E-state index is 0.695. The highest BCUT2D eigenvalue weighted by Crippen LogP contribution is 2.44. The molecular formula is C110H76N10. The SMILES string of the molecule is CCc1nc2c3c(-c4cccc(-c5ccc(-c6cc(-c7ccc(-c8ccccc8)cc7)nc(-c7ccccc7)n6)cc5)c4)nc4ccccc4c3ccc2n1-c1ccccc1.CCc1nc2c3c(-c4cccc(-c5ccc(-c6nc(-c7ccc(-c8ccccc8)cc7)c7ccccc7n6)cc5)c4)nc4ccccc4c3ccc2n1-c1ccccc1. The van der Waals surface area contributed by atoms with Crippen LogP contribution in [-0.2, 0) is 12.8 Å². The molecule has 10 heteroatoms. The number of nitrogens with zero attached hydrogens (tertiary/aromatic N) is 10. The maximum atomic E-state index is 5.37. The predicted octanol–water partition coefficient (Wildman–Crippen LogP) is 27.6. The zero-order valence-corrected chi connectivity index (χ0v) is 66.0. The zero-order valence-electron chi connectivity index (χ0n) is 66.0. The summed E-state index contributed by atoms with van der Waals surface area (Å²) < 4.78 is 4.58. The Morgan fingerprint density at radius 1 is 0.200 bits per heavy atom. The lowest BCUT2D eigenvalue weighted by atomic mass is 9.95. The van der Waals surface area contributed by atoms with Gasteiger partial charge in [-0.2, -0.15) is 0 Å². The van der Waals surface area contributed by atoms with Crippen LogP contribution in [0, 0.1) is 0 Å². The summed E-state index contributed by atoms with van der Waals surface area (Å²) in [7, 11) is 0. The van der Waals surface area contributed by atoms with Crippen molar-refractivity contribution >= 4 is 76.3 Å². The van der Waals surface area contributed by atoms with Crippen LogP contribution >= 0.6 is 0 Å². The van der Waals surface area contributed by atoms with E-state index in [1.165, 1.54) is 22.3 Å². The van der Waals surface area contributed by atoms with E-state index < -0.39 is 0 Å². The first-order valence-electron chi connectivity index (χ1n) is 40.9. The third-order valence-corrected chi connectivity index (χ3v) is 23.0. The van der Waals surface area contributed by atoms with Crippen molar-refractivity contribution < 1.29 is 0 Å². The first-order valence-corrected chi connectivity index (χ1v) is 40.9. The van der Waals surface area contributed by atoms with Crippen LogP contribution in [0.2, 0.25) is 0 Å². The van der Waals surface area contributed by atoms with E-state index in [1.807, 2.05) is 36.4 Å². The predicted molar refractivity (Wildman–Crippen MR) is 495 cm³/mol. The second kappa shape index (κ2) is 31.1. The molecule has 0 aliphatic carbocycles. The summed E-state index contributed by atoms with van der Waals surface area (Å²) in [6.07, 6.45) is 1.61. The Bertz CT molecular complexity index is 7600. The van der Waals surface area contributed by atoms with Gasteiger partial charge in [0.05, 0.1) is 67.1 Å². The lowest BCUT2D eigenvalue weighted by Gasteiger charge is -2.13. The van der Waals surface area contributed by atoms with Crippen molar-refractivity contribution in [3.63, 3.8) is 0 Å². The first-order chi connectivity index (χ1) is 59.4. The number of aromatic nitrogens is 10. The molecule has 0 bridgehead atoms. The Labute approximate surface area is 694 Å². The molecule has 566 valence electrons. The number of benzene rings is 16. The summed E-state index contributed by atoms with van der Waals surface area (Å²) in [6.45, 7) is 4.34. The van der Waals surface area contributed by atoms with Gasteiger partial charge in [-0.25, -0.2) is 39.9 Å². The number of hydrogen-bond donors (Lipinski definition) is 0. The molecule has 0 atom stereocenters. The maximum Gasteiger partial charge on any atom is 0.160 e. The summed E-state index contributed by atoms with van der Waals surface area (Å²) >= 11 is 0. The molecule has 0 saturated heterocycles. The highest BCUT2D eigenvalue weighted by Gasteiger charge is 2.24. The van der Waals surface area contributed by atoms with Gasteiger partial charge in [0.15, 0.2) is 11.6 Å². The molecule has 0 fully saturated rings. The Morgan fingerprint density at radius 2 is 0.517 bits per heavy atom. The van der Waals surface area contributed by atoms with Crippen molar-refractivity contribution in [1.82, 2.24) is 49.0 Å². The van der Waals surface area contributed by atoms with Crippen molar-refractivity contribution in [3.05, 3.63) is 412 Å². The molecule has 22 rings (SSSR count). The molecule has 0 unspecified atom stereocenters. The van der Waals surface area contributed by atoms with Crippen molar-refractivity contribution in [2.45, 2.75) is 26.7 Å². The number of pyridine rings is 2. The van der Waals surface area contributed by atoms with Crippen LogP contribution in [0.3, 0.4) is 0 Å². The van der Waals surface area contributed by atoms with Crippen molar-refractivity contribution in [1.29, 1.82) is 0 Å². The van der Waals surface area contributed by atoms with Gasteiger partial charge in [0, 0.05) is 90.1 Å². The van der Waals surface area contributed by atoms with Crippen LogP contribution in [0.4, 0.5) is 0 Å². The number of rotatable bonds is 15. The molecule has 10 nitrogen and oxygen atoms in total. The van der Waals surface area contributed by atoms with Gasteiger partial charge < -0.3 is 0 Å². The number of imidazole rings is 2. The monoisotopic (exact) mass is 1540 g/mol. The minimum absolute atomic E-state index is 0.695.